The topological polar surface area (TPSA) is 115 Å². The fourth-order valence-corrected chi connectivity index (χ4v) is 4.04. The zero-order valence-electron chi connectivity index (χ0n) is 14.5. The van der Waals surface area contributed by atoms with Crippen molar-refractivity contribution in [3.05, 3.63) is 68.5 Å². The number of nitro benzene ring substituents is 1. The summed E-state index contributed by atoms with van der Waals surface area (Å²) in [6.07, 6.45) is 0. The fraction of sp³-hybridized carbons (Fsp3) is 0.111. The molecular formula is C18H12N4O5S. The zero-order valence-corrected chi connectivity index (χ0v) is 15.3. The summed E-state index contributed by atoms with van der Waals surface area (Å²) < 4.78 is 2.70. The van der Waals surface area contributed by atoms with Crippen LogP contribution in [0.25, 0.3) is 10.2 Å². The van der Waals surface area contributed by atoms with Crippen molar-refractivity contribution in [2.75, 3.05) is 6.54 Å². The maximum absolute atomic E-state index is 12.5. The Bertz CT molecular complexity index is 1260. The van der Waals surface area contributed by atoms with Crippen LogP contribution in [0.15, 0.2) is 47.5 Å². The predicted octanol–water partition coefficient (Wildman–Crippen LogP) is 1.87. The summed E-state index contributed by atoms with van der Waals surface area (Å²) in [7, 11) is 1.77. The molecule has 1 aliphatic heterocycles. The fourth-order valence-electron chi connectivity index (χ4n) is 3.00. The molecule has 10 heteroatoms. The van der Waals surface area contributed by atoms with Crippen molar-refractivity contribution >= 4 is 45.0 Å². The zero-order chi connectivity index (χ0) is 20.0. The van der Waals surface area contributed by atoms with Gasteiger partial charge in [-0.2, -0.15) is 4.99 Å². The number of hydrogen-bond acceptors (Lipinski definition) is 6. The molecule has 0 unspecified atom stereocenters. The van der Waals surface area contributed by atoms with Crippen LogP contribution in [-0.2, 0) is 11.8 Å². The van der Waals surface area contributed by atoms with E-state index in [0.29, 0.717) is 4.80 Å². The van der Waals surface area contributed by atoms with Crippen LogP contribution in [0, 0.1) is 10.1 Å². The Kier molecular flexibility index (Phi) is 4.12. The number of rotatable bonds is 3. The molecule has 0 spiro atoms. The molecule has 0 N–H and O–H groups in total. The molecule has 1 aliphatic rings. The van der Waals surface area contributed by atoms with Crippen molar-refractivity contribution < 1.29 is 19.3 Å². The van der Waals surface area contributed by atoms with Crippen LogP contribution in [0.4, 0.5) is 5.69 Å². The molecule has 0 saturated heterocycles. The van der Waals surface area contributed by atoms with Crippen molar-refractivity contribution in [2.45, 2.75) is 0 Å². The van der Waals surface area contributed by atoms with E-state index in [0.717, 1.165) is 27.2 Å². The Hall–Kier alpha value is -3.66. The highest BCUT2D eigenvalue weighted by molar-refractivity contribution is 7.16. The van der Waals surface area contributed by atoms with E-state index in [9.17, 15) is 24.5 Å². The molecule has 0 atom stereocenters. The van der Waals surface area contributed by atoms with E-state index in [2.05, 4.69) is 4.99 Å². The number of nitrogens with zero attached hydrogens (tertiary/aromatic N) is 4. The summed E-state index contributed by atoms with van der Waals surface area (Å²) in [5.74, 6) is -2.07. The number of carbonyl (C=O) groups excluding carboxylic acids is 3. The van der Waals surface area contributed by atoms with Crippen LogP contribution in [-0.4, -0.2) is 38.7 Å². The molecule has 0 saturated carbocycles. The first-order valence-electron chi connectivity index (χ1n) is 8.13. The summed E-state index contributed by atoms with van der Waals surface area (Å²) >= 11 is 1.32. The molecule has 0 bridgehead atoms. The molecular weight excluding hydrogens is 384 g/mol. The molecule has 9 nitrogen and oxygen atoms in total. The Morgan fingerprint density at radius 2 is 1.86 bits per heavy atom. The van der Waals surface area contributed by atoms with Gasteiger partial charge in [0.15, 0.2) is 4.80 Å². The molecule has 28 heavy (non-hydrogen) atoms. The summed E-state index contributed by atoms with van der Waals surface area (Å²) in [5.41, 5.74) is 0.567. The molecule has 4 rings (SSSR count). The maximum Gasteiger partial charge on any atom is 0.270 e. The van der Waals surface area contributed by atoms with Gasteiger partial charge in [0.1, 0.15) is 6.54 Å². The molecule has 2 heterocycles. The lowest BCUT2D eigenvalue weighted by molar-refractivity contribution is -0.384. The minimum Gasteiger partial charge on any atom is -0.319 e. The highest BCUT2D eigenvalue weighted by atomic mass is 32.1. The smallest absolute Gasteiger partial charge is 0.270 e. The number of non-ortho nitro benzene ring substituents is 1. The van der Waals surface area contributed by atoms with Crippen LogP contribution in [0.5, 0.6) is 0 Å². The Morgan fingerprint density at radius 1 is 1.14 bits per heavy atom. The first-order chi connectivity index (χ1) is 13.4. The first-order valence-corrected chi connectivity index (χ1v) is 8.95. The summed E-state index contributed by atoms with van der Waals surface area (Å²) in [6.45, 7) is -0.533. The first kappa shape index (κ1) is 17.7. The van der Waals surface area contributed by atoms with Gasteiger partial charge in [-0.25, -0.2) is 0 Å². The normalized spacial score (nSPS) is 14.0. The number of aromatic nitrogens is 1. The van der Waals surface area contributed by atoms with Gasteiger partial charge < -0.3 is 4.57 Å². The molecule has 0 aliphatic carbocycles. The average Bonchev–Trinajstić information content (AvgIpc) is 3.11. The average molecular weight is 396 g/mol. The second-order valence-corrected chi connectivity index (χ2v) is 7.11. The minimum absolute atomic E-state index is 0.0378. The van der Waals surface area contributed by atoms with E-state index in [1.165, 1.54) is 17.4 Å². The third-order valence-electron chi connectivity index (χ3n) is 4.39. The van der Waals surface area contributed by atoms with Crippen molar-refractivity contribution in [3.63, 3.8) is 0 Å². The lowest BCUT2D eigenvalue weighted by Gasteiger charge is -2.10. The van der Waals surface area contributed by atoms with E-state index in [1.807, 2.05) is 24.3 Å². The van der Waals surface area contributed by atoms with Crippen LogP contribution in [0.2, 0.25) is 0 Å². The van der Waals surface area contributed by atoms with Crippen LogP contribution in [0.1, 0.15) is 20.7 Å². The number of aryl methyl sites for hydroxylation is 1. The third-order valence-corrected chi connectivity index (χ3v) is 5.51. The van der Waals surface area contributed by atoms with E-state index in [1.54, 1.807) is 11.6 Å². The number of thiazole rings is 1. The van der Waals surface area contributed by atoms with Gasteiger partial charge in [0.05, 0.1) is 26.3 Å². The SMILES string of the molecule is Cn1c(=NC(=O)CN2C(=O)c3ccc([N+](=O)[O-])cc3C2=O)sc2ccccc21. The van der Waals surface area contributed by atoms with Gasteiger partial charge in [0.25, 0.3) is 23.4 Å². The molecule has 3 amide bonds. The third kappa shape index (κ3) is 2.79. The summed E-state index contributed by atoms with van der Waals surface area (Å²) in [5, 5.41) is 10.9. The minimum atomic E-state index is -0.743. The number of hydrogen-bond donors (Lipinski definition) is 0. The lowest BCUT2D eigenvalue weighted by Crippen LogP contribution is -2.35. The highest BCUT2D eigenvalue weighted by Crippen LogP contribution is 2.26. The van der Waals surface area contributed by atoms with Crippen molar-refractivity contribution in [1.29, 1.82) is 0 Å². The number of carbonyl (C=O) groups is 3. The quantitative estimate of drug-likeness (QED) is 0.381. The Labute approximate surface area is 161 Å². The van der Waals surface area contributed by atoms with Crippen molar-refractivity contribution in [3.8, 4) is 0 Å². The largest absolute Gasteiger partial charge is 0.319 e. The van der Waals surface area contributed by atoms with Gasteiger partial charge in [0.2, 0.25) is 0 Å². The number of amides is 3. The van der Waals surface area contributed by atoms with Crippen LogP contribution in [0.3, 0.4) is 0 Å². The second kappa shape index (κ2) is 6.50. The van der Waals surface area contributed by atoms with Crippen molar-refractivity contribution in [1.82, 2.24) is 9.47 Å². The highest BCUT2D eigenvalue weighted by Gasteiger charge is 2.37. The van der Waals surface area contributed by atoms with Gasteiger partial charge in [-0.05, 0) is 18.2 Å². The molecule has 0 fully saturated rings. The van der Waals surface area contributed by atoms with Crippen LogP contribution >= 0.6 is 11.3 Å². The van der Waals surface area contributed by atoms with E-state index in [4.69, 9.17) is 0 Å². The van der Waals surface area contributed by atoms with Gasteiger partial charge in [-0.1, -0.05) is 23.5 Å². The molecule has 2 aromatic carbocycles. The molecule has 3 aromatic rings. The van der Waals surface area contributed by atoms with E-state index in [-0.39, 0.29) is 16.8 Å². The lowest BCUT2D eigenvalue weighted by atomic mass is 10.1. The van der Waals surface area contributed by atoms with Crippen molar-refractivity contribution in [2.24, 2.45) is 12.0 Å². The van der Waals surface area contributed by atoms with Gasteiger partial charge in [-0.15, -0.1) is 0 Å². The molecule has 0 radical (unpaired) electrons. The number of para-hydroxylation sites is 1. The number of benzene rings is 2. The predicted molar refractivity (Wildman–Crippen MR) is 99.8 cm³/mol. The second-order valence-electron chi connectivity index (χ2n) is 6.10. The molecule has 140 valence electrons. The maximum atomic E-state index is 12.5. The standard InChI is InChI=1S/C18H12N4O5S/c1-20-13-4-2-3-5-14(13)28-18(20)19-15(23)9-21-16(24)11-7-6-10(22(26)27)8-12(11)17(21)25/h2-8H,9H2,1H3. The molecule has 1 aromatic heterocycles. The van der Waals surface area contributed by atoms with Gasteiger partial charge in [0, 0.05) is 19.2 Å². The number of imide groups is 1. The number of nitro groups is 1. The Balaban J connectivity index is 1.63. The monoisotopic (exact) mass is 396 g/mol. The number of fused-ring (bicyclic) bond motifs is 2. The summed E-state index contributed by atoms with van der Waals surface area (Å²) in [4.78, 5) is 52.7. The summed E-state index contributed by atoms with van der Waals surface area (Å²) in [6, 6.07) is 11.0. The van der Waals surface area contributed by atoms with Crippen LogP contribution < -0.4 is 4.80 Å². The Morgan fingerprint density at radius 3 is 2.57 bits per heavy atom. The van der Waals surface area contributed by atoms with E-state index < -0.39 is 29.2 Å². The van der Waals surface area contributed by atoms with E-state index >= 15 is 0 Å². The van der Waals surface area contributed by atoms with Gasteiger partial charge >= 0.3 is 0 Å². The van der Waals surface area contributed by atoms with Gasteiger partial charge in [-0.3, -0.25) is 29.4 Å².